The Bertz CT molecular complexity index is 639. The average molecular weight is 301 g/mol. The maximum atomic E-state index is 12.3. The lowest BCUT2D eigenvalue weighted by Crippen LogP contribution is -2.08. The van der Waals surface area contributed by atoms with Crippen LogP contribution in [0.4, 0.5) is 0 Å². The zero-order valence-electron chi connectivity index (χ0n) is 9.25. The zero-order valence-corrected chi connectivity index (χ0v) is 11.6. The van der Waals surface area contributed by atoms with Crippen LogP contribution in [0.15, 0.2) is 59.5 Å². The van der Waals surface area contributed by atoms with Gasteiger partial charge in [0.05, 0.1) is 4.90 Å². The van der Waals surface area contributed by atoms with Crippen molar-refractivity contribution in [3.63, 3.8) is 0 Å². The molecule has 0 fully saturated rings. The molecule has 5 heteroatoms. The maximum absolute atomic E-state index is 12.3. The fraction of sp³-hybridized carbons (Fsp3) is 0.0769. The summed E-state index contributed by atoms with van der Waals surface area (Å²) in [6.07, 6.45) is 0. The van der Waals surface area contributed by atoms with Gasteiger partial charge in [-0.05, 0) is 29.8 Å². The van der Waals surface area contributed by atoms with Gasteiger partial charge in [-0.15, -0.1) is 0 Å². The summed E-state index contributed by atoms with van der Waals surface area (Å²) >= 11 is 11.9. The van der Waals surface area contributed by atoms with E-state index in [1.54, 1.807) is 42.5 Å². The minimum absolute atomic E-state index is 0.199. The van der Waals surface area contributed by atoms with E-state index in [0.717, 1.165) is 0 Å². The molecule has 0 amide bonds. The number of rotatable bonds is 3. The highest BCUT2D eigenvalue weighted by atomic mass is 35.5. The summed E-state index contributed by atoms with van der Waals surface area (Å²) in [5.74, 6) is 0. The van der Waals surface area contributed by atoms with Crippen LogP contribution in [0.2, 0.25) is 5.02 Å². The van der Waals surface area contributed by atoms with Gasteiger partial charge >= 0.3 is 0 Å². The number of benzene rings is 2. The Morgan fingerprint density at radius 2 is 1.61 bits per heavy atom. The molecule has 0 saturated carbocycles. The van der Waals surface area contributed by atoms with Gasteiger partial charge in [0.15, 0.2) is 14.5 Å². The molecule has 0 aliphatic rings. The van der Waals surface area contributed by atoms with Gasteiger partial charge in [0.2, 0.25) is 0 Å². The zero-order chi connectivity index (χ0) is 13.2. The molecule has 0 aromatic heterocycles. The first-order valence-corrected chi connectivity index (χ1v) is 7.56. The molecule has 0 saturated heterocycles. The molecule has 0 aliphatic heterocycles. The van der Waals surface area contributed by atoms with Crippen molar-refractivity contribution >= 4 is 33.0 Å². The lowest BCUT2D eigenvalue weighted by atomic mass is 10.2. The van der Waals surface area contributed by atoms with Gasteiger partial charge in [0, 0.05) is 5.02 Å². The quantitative estimate of drug-likeness (QED) is 0.801. The molecule has 0 heterocycles. The summed E-state index contributed by atoms with van der Waals surface area (Å²) in [5.41, 5.74) is 0.466. The van der Waals surface area contributed by atoms with E-state index in [-0.39, 0.29) is 4.90 Å². The van der Waals surface area contributed by atoms with Crippen molar-refractivity contribution in [3.05, 3.63) is 65.2 Å². The van der Waals surface area contributed by atoms with Gasteiger partial charge in [0.1, 0.15) is 0 Å². The monoisotopic (exact) mass is 300 g/mol. The van der Waals surface area contributed by atoms with E-state index >= 15 is 0 Å². The number of halogens is 2. The standard InChI is InChI=1S/C13H10Cl2O2S/c14-11-6-4-5-10(9-11)13(15)18(16,17)12-7-2-1-3-8-12/h1-9,13H. The molecular weight excluding hydrogens is 291 g/mol. The molecule has 0 N–H and O–H groups in total. The lowest BCUT2D eigenvalue weighted by molar-refractivity contribution is 0.594. The van der Waals surface area contributed by atoms with Crippen LogP contribution in [0.3, 0.4) is 0 Å². The molecule has 94 valence electrons. The maximum Gasteiger partial charge on any atom is 0.199 e. The van der Waals surface area contributed by atoms with Gasteiger partial charge in [-0.3, -0.25) is 0 Å². The van der Waals surface area contributed by atoms with Gasteiger partial charge < -0.3 is 0 Å². The van der Waals surface area contributed by atoms with Crippen LogP contribution in [0.1, 0.15) is 10.3 Å². The predicted molar refractivity (Wildman–Crippen MR) is 73.7 cm³/mol. The second kappa shape index (κ2) is 5.31. The molecule has 1 atom stereocenters. The topological polar surface area (TPSA) is 34.1 Å². The Balaban J connectivity index is 2.43. The van der Waals surface area contributed by atoms with E-state index < -0.39 is 14.5 Å². The minimum Gasteiger partial charge on any atom is -0.222 e. The summed E-state index contributed by atoms with van der Waals surface area (Å²) in [5, 5.41) is 0.460. The number of hydrogen-bond acceptors (Lipinski definition) is 2. The summed E-state index contributed by atoms with van der Waals surface area (Å²) < 4.78 is 23.4. The van der Waals surface area contributed by atoms with E-state index in [2.05, 4.69) is 0 Å². The van der Waals surface area contributed by atoms with Gasteiger partial charge in [0.25, 0.3) is 0 Å². The smallest absolute Gasteiger partial charge is 0.199 e. The van der Waals surface area contributed by atoms with Crippen molar-refractivity contribution in [1.82, 2.24) is 0 Å². The van der Waals surface area contributed by atoms with Crippen LogP contribution in [0, 0.1) is 0 Å². The van der Waals surface area contributed by atoms with Crippen LogP contribution >= 0.6 is 23.2 Å². The van der Waals surface area contributed by atoms with Crippen molar-refractivity contribution in [2.24, 2.45) is 0 Å². The summed E-state index contributed by atoms with van der Waals surface area (Å²) in [7, 11) is -3.60. The highest BCUT2D eigenvalue weighted by Gasteiger charge is 2.26. The van der Waals surface area contributed by atoms with Gasteiger partial charge in [-0.1, -0.05) is 53.5 Å². The second-order valence-corrected chi connectivity index (χ2v) is 6.89. The highest BCUT2D eigenvalue weighted by Crippen LogP contribution is 2.33. The first-order valence-electron chi connectivity index (χ1n) is 5.20. The van der Waals surface area contributed by atoms with Crippen molar-refractivity contribution in [2.45, 2.75) is 9.60 Å². The van der Waals surface area contributed by atoms with Crippen LogP contribution in [0.25, 0.3) is 0 Å². The van der Waals surface area contributed by atoms with Crippen molar-refractivity contribution in [2.75, 3.05) is 0 Å². The van der Waals surface area contributed by atoms with Crippen LogP contribution in [-0.4, -0.2) is 8.42 Å². The highest BCUT2D eigenvalue weighted by molar-refractivity contribution is 7.92. The number of sulfone groups is 1. The van der Waals surface area contributed by atoms with E-state index in [9.17, 15) is 8.42 Å². The SMILES string of the molecule is O=S(=O)(c1ccccc1)C(Cl)c1cccc(Cl)c1. The van der Waals surface area contributed by atoms with Gasteiger partial charge in [-0.2, -0.15) is 0 Å². The molecule has 0 bridgehead atoms. The summed E-state index contributed by atoms with van der Waals surface area (Å²) in [6, 6.07) is 14.7. The molecule has 2 nitrogen and oxygen atoms in total. The number of alkyl halides is 1. The minimum atomic E-state index is -3.60. The molecule has 2 aromatic rings. The fourth-order valence-corrected chi connectivity index (χ4v) is 3.48. The molecule has 2 aromatic carbocycles. The first kappa shape index (κ1) is 13.4. The fourth-order valence-electron chi connectivity index (χ4n) is 1.56. The third-order valence-electron chi connectivity index (χ3n) is 2.45. The van der Waals surface area contributed by atoms with E-state index in [0.29, 0.717) is 10.6 Å². The predicted octanol–water partition coefficient (Wildman–Crippen LogP) is 4.05. The van der Waals surface area contributed by atoms with E-state index in [1.807, 2.05) is 0 Å². The second-order valence-electron chi connectivity index (χ2n) is 3.73. The Kier molecular flexibility index (Phi) is 3.95. The Labute approximate surface area is 116 Å². The summed E-state index contributed by atoms with van der Waals surface area (Å²) in [4.78, 5) is 0.199. The molecule has 18 heavy (non-hydrogen) atoms. The first-order chi connectivity index (χ1) is 8.51. The third-order valence-corrected chi connectivity index (χ3v) is 5.39. The van der Waals surface area contributed by atoms with Crippen LogP contribution in [0.5, 0.6) is 0 Å². The summed E-state index contributed by atoms with van der Waals surface area (Å²) in [6.45, 7) is 0. The lowest BCUT2D eigenvalue weighted by Gasteiger charge is -2.11. The Morgan fingerprint density at radius 3 is 2.22 bits per heavy atom. The van der Waals surface area contributed by atoms with E-state index in [1.165, 1.54) is 12.1 Å². The van der Waals surface area contributed by atoms with Crippen molar-refractivity contribution < 1.29 is 8.42 Å². The average Bonchev–Trinajstić information content (AvgIpc) is 2.39. The van der Waals surface area contributed by atoms with Crippen molar-refractivity contribution in [1.29, 1.82) is 0 Å². The molecule has 0 aliphatic carbocycles. The molecule has 1 unspecified atom stereocenters. The Hall–Kier alpha value is -1.03. The molecule has 0 radical (unpaired) electrons. The molecular formula is C13H10Cl2O2S. The Morgan fingerprint density at radius 1 is 0.944 bits per heavy atom. The molecule has 0 spiro atoms. The number of hydrogen-bond donors (Lipinski definition) is 0. The van der Waals surface area contributed by atoms with Crippen LogP contribution in [-0.2, 0) is 9.84 Å². The van der Waals surface area contributed by atoms with Crippen molar-refractivity contribution in [3.8, 4) is 0 Å². The third kappa shape index (κ3) is 2.69. The van der Waals surface area contributed by atoms with Gasteiger partial charge in [-0.25, -0.2) is 8.42 Å². The van der Waals surface area contributed by atoms with Crippen LogP contribution < -0.4 is 0 Å². The normalized spacial score (nSPS) is 13.2. The molecule has 2 rings (SSSR count). The van der Waals surface area contributed by atoms with E-state index in [4.69, 9.17) is 23.2 Å². The largest absolute Gasteiger partial charge is 0.222 e.